The van der Waals surface area contributed by atoms with Crippen molar-refractivity contribution in [1.29, 1.82) is 0 Å². The van der Waals surface area contributed by atoms with Gasteiger partial charge in [-0.3, -0.25) is 19.1 Å². The van der Waals surface area contributed by atoms with Gasteiger partial charge in [0, 0.05) is 32.9 Å². The Kier molecular flexibility index (Phi) is 6.37. The Morgan fingerprint density at radius 2 is 2.00 bits per heavy atom. The number of nitrogens with zero attached hydrogens (tertiary/aromatic N) is 3. The highest BCUT2D eigenvalue weighted by atomic mass is 16.5. The molecule has 10 nitrogen and oxygen atoms in total. The number of nitrogens with one attached hydrogen (secondary N) is 2. The second-order valence-corrected chi connectivity index (χ2v) is 8.61. The lowest BCUT2D eigenvalue weighted by Gasteiger charge is -2.42. The zero-order valence-electron chi connectivity index (χ0n) is 19.3. The van der Waals surface area contributed by atoms with Crippen molar-refractivity contribution in [3.63, 3.8) is 0 Å². The first-order valence-corrected chi connectivity index (χ1v) is 11.0. The summed E-state index contributed by atoms with van der Waals surface area (Å²) >= 11 is 0. The lowest BCUT2D eigenvalue weighted by Crippen LogP contribution is -2.53. The standard InChI is InChI=1S/C23H29N5O5/c1-13-18(11-27(3)26-13)25-22(30)10-16-6-7-19-21(33-16)12-32-20-8-5-15(24-14(2)29)9-17(20)23(31)28(19)4/h5,8-9,11,16,19,21H,6-7,10,12H2,1-4H3,(H,24,29)(H,25,30)/t16-,19-,21+/m0/s1. The Hall–Kier alpha value is -3.40. The highest BCUT2D eigenvalue weighted by molar-refractivity contribution is 5.99. The molecular formula is C23H29N5O5. The van der Waals surface area contributed by atoms with Gasteiger partial charge >= 0.3 is 0 Å². The van der Waals surface area contributed by atoms with Crippen molar-refractivity contribution >= 4 is 29.1 Å². The number of hydrogen-bond acceptors (Lipinski definition) is 6. The van der Waals surface area contributed by atoms with Gasteiger partial charge in [0.2, 0.25) is 11.8 Å². The molecule has 3 amide bonds. The average Bonchev–Trinajstić information content (AvgIpc) is 3.07. The second kappa shape index (κ2) is 9.22. The summed E-state index contributed by atoms with van der Waals surface area (Å²) in [5.41, 5.74) is 2.38. The summed E-state index contributed by atoms with van der Waals surface area (Å²) in [4.78, 5) is 38.8. The lowest BCUT2D eigenvalue weighted by molar-refractivity contribution is -0.130. The fourth-order valence-electron chi connectivity index (χ4n) is 4.44. The molecule has 0 saturated carbocycles. The van der Waals surface area contributed by atoms with E-state index in [1.54, 1.807) is 48.1 Å². The molecule has 0 bridgehead atoms. The Morgan fingerprint density at radius 3 is 2.70 bits per heavy atom. The van der Waals surface area contributed by atoms with Gasteiger partial charge in [-0.1, -0.05) is 0 Å². The van der Waals surface area contributed by atoms with Crippen molar-refractivity contribution in [2.75, 3.05) is 24.3 Å². The minimum Gasteiger partial charge on any atom is -0.490 e. The van der Waals surface area contributed by atoms with Crippen molar-refractivity contribution in [3.05, 3.63) is 35.7 Å². The summed E-state index contributed by atoms with van der Waals surface area (Å²) in [7, 11) is 3.56. The summed E-state index contributed by atoms with van der Waals surface area (Å²) in [6, 6.07) is 4.83. The average molecular weight is 456 g/mol. The van der Waals surface area contributed by atoms with E-state index in [9.17, 15) is 14.4 Å². The van der Waals surface area contributed by atoms with E-state index in [-0.39, 0.29) is 49.0 Å². The summed E-state index contributed by atoms with van der Waals surface area (Å²) in [5.74, 6) is -0.104. The zero-order chi connectivity index (χ0) is 23.7. The number of rotatable bonds is 4. The number of ether oxygens (including phenoxy) is 2. The molecule has 2 N–H and O–H groups in total. The number of carbonyl (C=O) groups is 3. The van der Waals surface area contributed by atoms with E-state index in [0.717, 1.165) is 5.69 Å². The predicted molar refractivity (Wildman–Crippen MR) is 121 cm³/mol. The summed E-state index contributed by atoms with van der Waals surface area (Å²) < 4.78 is 13.8. The van der Waals surface area contributed by atoms with Crippen LogP contribution in [0, 0.1) is 6.92 Å². The van der Waals surface area contributed by atoms with E-state index < -0.39 is 0 Å². The summed E-state index contributed by atoms with van der Waals surface area (Å²) in [6.45, 7) is 3.52. The monoisotopic (exact) mass is 455 g/mol. The normalized spacial score (nSPS) is 22.4. The molecule has 10 heteroatoms. The van der Waals surface area contributed by atoms with E-state index >= 15 is 0 Å². The number of likely N-dealkylation sites (N-methyl/N-ethyl adjacent to an activating group) is 1. The van der Waals surface area contributed by atoms with Crippen molar-refractivity contribution in [2.24, 2.45) is 7.05 Å². The smallest absolute Gasteiger partial charge is 0.257 e. The number of carbonyl (C=O) groups excluding carboxylic acids is 3. The van der Waals surface area contributed by atoms with Gasteiger partial charge in [0.15, 0.2) is 0 Å². The van der Waals surface area contributed by atoms with Gasteiger partial charge < -0.3 is 25.0 Å². The molecule has 0 aliphatic carbocycles. The maximum Gasteiger partial charge on any atom is 0.257 e. The third-order valence-corrected chi connectivity index (χ3v) is 6.03. The Morgan fingerprint density at radius 1 is 1.21 bits per heavy atom. The third kappa shape index (κ3) is 5.00. The van der Waals surface area contributed by atoms with Gasteiger partial charge in [0.1, 0.15) is 18.5 Å². The molecular weight excluding hydrogens is 426 g/mol. The van der Waals surface area contributed by atoms with Crippen LogP contribution in [0.15, 0.2) is 24.4 Å². The van der Waals surface area contributed by atoms with Gasteiger partial charge in [-0.25, -0.2) is 0 Å². The van der Waals surface area contributed by atoms with Crippen LogP contribution in [0.25, 0.3) is 0 Å². The van der Waals surface area contributed by atoms with Crippen LogP contribution in [0.3, 0.4) is 0 Å². The van der Waals surface area contributed by atoms with Crippen LogP contribution in [0.5, 0.6) is 5.75 Å². The quantitative estimate of drug-likeness (QED) is 0.730. The van der Waals surface area contributed by atoms with Gasteiger partial charge in [-0.2, -0.15) is 5.10 Å². The van der Waals surface area contributed by atoms with Crippen LogP contribution in [-0.2, 0) is 21.4 Å². The van der Waals surface area contributed by atoms with E-state index in [4.69, 9.17) is 9.47 Å². The number of fused-ring (bicyclic) bond motifs is 2. The van der Waals surface area contributed by atoms with E-state index in [2.05, 4.69) is 15.7 Å². The maximum atomic E-state index is 13.2. The molecule has 1 saturated heterocycles. The van der Waals surface area contributed by atoms with Crippen LogP contribution in [0.1, 0.15) is 42.2 Å². The predicted octanol–water partition coefficient (Wildman–Crippen LogP) is 2.10. The van der Waals surface area contributed by atoms with Crippen LogP contribution >= 0.6 is 0 Å². The zero-order valence-corrected chi connectivity index (χ0v) is 19.3. The number of anilines is 2. The molecule has 4 rings (SSSR count). The molecule has 3 atom stereocenters. The van der Waals surface area contributed by atoms with E-state index in [1.807, 2.05) is 6.92 Å². The highest BCUT2D eigenvalue weighted by Crippen LogP contribution is 2.32. The highest BCUT2D eigenvalue weighted by Gasteiger charge is 2.39. The first-order chi connectivity index (χ1) is 15.7. The number of aromatic nitrogens is 2. The Bertz CT molecular complexity index is 1080. The van der Waals surface area contributed by atoms with Crippen LogP contribution in [-0.4, -0.2) is 64.3 Å². The Labute approximate surface area is 192 Å². The molecule has 2 aliphatic rings. The molecule has 176 valence electrons. The number of benzene rings is 1. The fourth-order valence-corrected chi connectivity index (χ4v) is 4.44. The number of amides is 3. The van der Waals surface area contributed by atoms with Gasteiger partial charge in [0.25, 0.3) is 5.91 Å². The van der Waals surface area contributed by atoms with Crippen molar-refractivity contribution in [1.82, 2.24) is 14.7 Å². The molecule has 3 heterocycles. The van der Waals surface area contributed by atoms with Gasteiger partial charge in [-0.15, -0.1) is 0 Å². The number of hydrogen-bond donors (Lipinski definition) is 2. The summed E-state index contributed by atoms with van der Waals surface area (Å²) in [6.07, 6.45) is 2.71. The SMILES string of the molecule is CC(=O)Nc1ccc2c(c1)C(=O)N(C)[C@H]1CC[C@@H](CC(=O)Nc3cn(C)nc3C)O[C@@H]1CO2. The molecule has 1 aromatic heterocycles. The molecule has 0 spiro atoms. The van der Waals surface area contributed by atoms with E-state index in [1.165, 1.54) is 6.92 Å². The minimum absolute atomic E-state index is 0.137. The van der Waals surface area contributed by atoms with Crippen molar-refractivity contribution in [3.8, 4) is 5.75 Å². The van der Waals surface area contributed by atoms with Crippen LogP contribution < -0.4 is 15.4 Å². The Balaban J connectivity index is 1.44. The third-order valence-electron chi connectivity index (χ3n) is 6.03. The van der Waals surface area contributed by atoms with E-state index in [0.29, 0.717) is 35.5 Å². The molecule has 1 aromatic carbocycles. The number of aryl methyl sites for hydroxylation is 2. The molecule has 1 fully saturated rings. The topological polar surface area (TPSA) is 115 Å². The molecule has 2 aliphatic heterocycles. The first-order valence-electron chi connectivity index (χ1n) is 11.0. The summed E-state index contributed by atoms with van der Waals surface area (Å²) in [5, 5.41) is 9.82. The van der Waals surface area contributed by atoms with Crippen LogP contribution in [0.4, 0.5) is 11.4 Å². The molecule has 0 unspecified atom stereocenters. The molecule has 0 radical (unpaired) electrons. The first kappa shape index (κ1) is 22.8. The maximum absolute atomic E-state index is 13.2. The lowest BCUT2D eigenvalue weighted by atomic mass is 9.94. The van der Waals surface area contributed by atoms with Crippen molar-refractivity contribution in [2.45, 2.75) is 51.4 Å². The fraction of sp³-hybridized carbons (Fsp3) is 0.478. The second-order valence-electron chi connectivity index (χ2n) is 8.61. The van der Waals surface area contributed by atoms with Crippen molar-refractivity contribution < 1.29 is 23.9 Å². The minimum atomic E-state index is -0.353. The van der Waals surface area contributed by atoms with Gasteiger partial charge in [0.05, 0.1) is 35.5 Å². The molecule has 2 aromatic rings. The largest absolute Gasteiger partial charge is 0.490 e. The van der Waals surface area contributed by atoms with Crippen LogP contribution in [0.2, 0.25) is 0 Å². The molecule has 33 heavy (non-hydrogen) atoms. The van der Waals surface area contributed by atoms with Gasteiger partial charge in [-0.05, 0) is 38.0 Å².